The molecule has 4 fully saturated rings. The van der Waals surface area contributed by atoms with E-state index in [1.165, 1.54) is 44.7 Å². The van der Waals surface area contributed by atoms with Crippen molar-refractivity contribution in [3.05, 3.63) is 74.6 Å². The maximum atomic E-state index is 13.3. The van der Waals surface area contributed by atoms with Crippen molar-refractivity contribution in [1.82, 2.24) is 9.78 Å². The fourth-order valence-corrected chi connectivity index (χ4v) is 7.09. The summed E-state index contributed by atoms with van der Waals surface area (Å²) in [6, 6.07) is 10.6. The average molecular weight is 534 g/mol. The Morgan fingerprint density at radius 2 is 1.64 bits per heavy atom. The Labute approximate surface area is 223 Å². The second-order valence-corrected chi connectivity index (χ2v) is 10.9. The van der Waals surface area contributed by atoms with Crippen LogP contribution in [0.25, 0.3) is 0 Å². The van der Waals surface area contributed by atoms with Crippen LogP contribution in [0.5, 0.6) is 17.2 Å². The van der Waals surface area contributed by atoms with Gasteiger partial charge in [0.2, 0.25) is 5.69 Å². The third-order valence-electron chi connectivity index (χ3n) is 8.26. The van der Waals surface area contributed by atoms with Gasteiger partial charge < -0.3 is 14.8 Å². The van der Waals surface area contributed by atoms with Crippen molar-refractivity contribution in [2.75, 3.05) is 12.4 Å². The minimum atomic E-state index is -0.825. The summed E-state index contributed by atoms with van der Waals surface area (Å²) in [5.41, 5.74) is -1.31. The number of carbonyl (C=O) groups is 1. The molecule has 0 saturated heterocycles. The zero-order chi connectivity index (χ0) is 27.3. The number of anilines is 1. The number of carbonyl (C=O) groups excluding carboxylic acids is 1. The van der Waals surface area contributed by atoms with Gasteiger partial charge in [0.05, 0.1) is 34.2 Å². The number of hydrogen-bond acceptors (Lipinski definition) is 8. The molecule has 12 heteroatoms. The number of amides is 1. The molecular formula is C27H27N5O7. The molecule has 3 aromatic rings. The van der Waals surface area contributed by atoms with E-state index in [-0.39, 0.29) is 34.0 Å². The van der Waals surface area contributed by atoms with Crippen molar-refractivity contribution < 1.29 is 24.1 Å². The van der Waals surface area contributed by atoms with Gasteiger partial charge in [-0.2, -0.15) is 5.10 Å². The summed E-state index contributed by atoms with van der Waals surface area (Å²) in [6.07, 6.45) is 7.70. The molecule has 12 nitrogen and oxygen atoms in total. The zero-order valence-corrected chi connectivity index (χ0v) is 21.2. The van der Waals surface area contributed by atoms with Crippen LogP contribution in [0.3, 0.4) is 0 Å². The molecule has 4 aliphatic rings. The first-order valence-corrected chi connectivity index (χ1v) is 12.9. The molecule has 4 bridgehead atoms. The highest BCUT2D eigenvalue weighted by Gasteiger charge is 2.53. The maximum Gasteiger partial charge on any atom is 0.320 e. The second-order valence-electron chi connectivity index (χ2n) is 10.9. The standard InChI is InChI=1S/C27H27N5O7/c1-38-23-4-2-3-5-24(23)39-21-10-19(9-20(11-21)31(34)35)28-26(33)25-22(32(36)37)15-30(29-25)27-12-16-6-17(13-27)8-18(7-16)14-27/h2-5,9-11,15-18H,6-8,12-14H2,1H3,(H,28,33). The van der Waals surface area contributed by atoms with E-state index in [1.54, 1.807) is 28.9 Å². The largest absolute Gasteiger partial charge is 0.493 e. The molecule has 1 N–H and O–H groups in total. The zero-order valence-electron chi connectivity index (χ0n) is 21.2. The highest BCUT2D eigenvalue weighted by atomic mass is 16.6. The first kappa shape index (κ1) is 24.8. The number of nitrogens with zero attached hydrogens (tertiary/aromatic N) is 4. The first-order valence-electron chi connectivity index (χ1n) is 12.9. The number of benzene rings is 2. The number of non-ortho nitro benzene ring substituents is 1. The van der Waals surface area contributed by atoms with Gasteiger partial charge >= 0.3 is 5.69 Å². The molecule has 0 atom stereocenters. The number of nitro benzene ring substituents is 1. The lowest BCUT2D eigenvalue weighted by Crippen LogP contribution is -2.52. The van der Waals surface area contributed by atoms with Crippen molar-refractivity contribution in [2.45, 2.75) is 44.1 Å². The number of aromatic nitrogens is 2. The van der Waals surface area contributed by atoms with Crippen LogP contribution >= 0.6 is 0 Å². The van der Waals surface area contributed by atoms with E-state index in [9.17, 15) is 25.0 Å². The molecule has 202 valence electrons. The molecule has 1 heterocycles. The van der Waals surface area contributed by atoms with E-state index < -0.39 is 15.8 Å². The topological polar surface area (TPSA) is 152 Å². The molecule has 0 radical (unpaired) electrons. The molecule has 0 unspecified atom stereocenters. The van der Waals surface area contributed by atoms with Gasteiger partial charge in [-0.05, 0) is 68.4 Å². The molecule has 2 aromatic carbocycles. The van der Waals surface area contributed by atoms with Crippen LogP contribution < -0.4 is 14.8 Å². The Bertz CT molecular complexity index is 1450. The van der Waals surface area contributed by atoms with E-state index in [1.807, 2.05) is 0 Å². The number of hydrogen-bond donors (Lipinski definition) is 1. The predicted octanol–water partition coefficient (Wildman–Crippen LogP) is 5.68. The van der Waals surface area contributed by atoms with Crippen molar-refractivity contribution in [2.24, 2.45) is 17.8 Å². The summed E-state index contributed by atoms with van der Waals surface area (Å²) in [5, 5.41) is 30.6. The van der Waals surface area contributed by atoms with E-state index in [0.29, 0.717) is 29.3 Å². The van der Waals surface area contributed by atoms with Gasteiger partial charge in [0.15, 0.2) is 11.5 Å². The van der Waals surface area contributed by atoms with Crippen molar-refractivity contribution in [3.63, 3.8) is 0 Å². The van der Waals surface area contributed by atoms with Crippen molar-refractivity contribution in [3.8, 4) is 17.2 Å². The molecule has 7 rings (SSSR count). The van der Waals surface area contributed by atoms with Crippen LogP contribution in [-0.2, 0) is 5.54 Å². The maximum absolute atomic E-state index is 13.3. The van der Waals surface area contributed by atoms with Gasteiger partial charge in [-0.25, -0.2) is 0 Å². The molecule has 1 aromatic heterocycles. The molecular weight excluding hydrogens is 506 g/mol. The van der Waals surface area contributed by atoms with Crippen LogP contribution in [0.2, 0.25) is 0 Å². The number of ether oxygens (including phenoxy) is 2. The summed E-state index contributed by atoms with van der Waals surface area (Å²) < 4.78 is 12.7. The monoisotopic (exact) mass is 533 g/mol. The van der Waals surface area contributed by atoms with Crippen LogP contribution in [0.1, 0.15) is 49.0 Å². The minimum Gasteiger partial charge on any atom is -0.493 e. The lowest BCUT2D eigenvalue weighted by atomic mass is 9.53. The number of para-hydroxylation sites is 2. The highest BCUT2D eigenvalue weighted by molar-refractivity contribution is 6.05. The average Bonchev–Trinajstić information content (AvgIpc) is 3.35. The summed E-state index contributed by atoms with van der Waals surface area (Å²) in [4.78, 5) is 35.6. The van der Waals surface area contributed by atoms with Gasteiger partial charge in [-0.1, -0.05) is 12.1 Å². The Balaban J connectivity index is 1.30. The lowest BCUT2D eigenvalue weighted by molar-refractivity contribution is -0.385. The Morgan fingerprint density at radius 1 is 1.00 bits per heavy atom. The summed E-state index contributed by atoms with van der Waals surface area (Å²) >= 11 is 0. The van der Waals surface area contributed by atoms with E-state index in [4.69, 9.17) is 9.47 Å². The first-order chi connectivity index (χ1) is 18.7. The van der Waals surface area contributed by atoms with Crippen LogP contribution in [-0.4, -0.2) is 32.6 Å². The molecule has 39 heavy (non-hydrogen) atoms. The van der Waals surface area contributed by atoms with Crippen molar-refractivity contribution in [1.29, 1.82) is 0 Å². The normalized spacial score (nSPS) is 24.8. The highest BCUT2D eigenvalue weighted by Crippen LogP contribution is 2.58. The number of nitro groups is 2. The van der Waals surface area contributed by atoms with Gasteiger partial charge in [0, 0.05) is 12.1 Å². The SMILES string of the molecule is COc1ccccc1Oc1cc(NC(=O)c2nn(C34CC5CC(CC(C5)C3)C4)cc2[N+](=O)[O-])cc([N+](=O)[O-])c1. The molecule has 0 spiro atoms. The second kappa shape index (κ2) is 9.37. The Morgan fingerprint density at radius 3 is 2.23 bits per heavy atom. The fourth-order valence-electron chi connectivity index (χ4n) is 7.09. The van der Waals surface area contributed by atoms with Crippen molar-refractivity contribution >= 4 is 23.0 Å². The smallest absolute Gasteiger partial charge is 0.320 e. The Kier molecular flexibility index (Phi) is 5.96. The third-order valence-corrected chi connectivity index (χ3v) is 8.26. The summed E-state index contributed by atoms with van der Waals surface area (Å²) in [6.45, 7) is 0. The summed E-state index contributed by atoms with van der Waals surface area (Å²) in [5.74, 6) is 1.75. The predicted molar refractivity (Wildman–Crippen MR) is 139 cm³/mol. The van der Waals surface area contributed by atoms with Crippen LogP contribution in [0.4, 0.5) is 17.1 Å². The number of rotatable bonds is 8. The van der Waals surface area contributed by atoms with E-state index in [0.717, 1.165) is 25.3 Å². The minimum absolute atomic E-state index is 0.0396. The van der Waals surface area contributed by atoms with Gasteiger partial charge in [0.25, 0.3) is 11.6 Å². The number of nitrogens with one attached hydrogen (secondary N) is 1. The third kappa shape index (κ3) is 4.55. The van der Waals surface area contributed by atoms with Crippen LogP contribution in [0, 0.1) is 38.0 Å². The van der Waals surface area contributed by atoms with E-state index in [2.05, 4.69) is 10.4 Å². The molecule has 4 aliphatic carbocycles. The van der Waals surface area contributed by atoms with Gasteiger partial charge in [0.1, 0.15) is 11.9 Å². The molecule has 4 saturated carbocycles. The van der Waals surface area contributed by atoms with Gasteiger partial charge in [-0.3, -0.25) is 29.7 Å². The summed E-state index contributed by atoms with van der Waals surface area (Å²) in [7, 11) is 1.47. The fraction of sp³-hybridized carbons (Fsp3) is 0.407. The van der Waals surface area contributed by atoms with Crippen LogP contribution in [0.15, 0.2) is 48.7 Å². The lowest BCUT2D eigenvalue weighted by Gasteiger charge is -2.56. The Hall–Kier alpha value is -4.48. The van der Waals surface area contributed by atoms with E-state index >= 15 is 0 Å². The quantitative estimate of drug-likeness (QED) is 0.287. The number of methoxy groups -OCH3 is 1. The molecule has 0 aliphatic heterocycles. The molecule has 1 amide bonds. The van der Waals surface area contributed by atoms with Gasteiger partial charge in [-0.15, -0.1) is 0 Å².